The topological polar surface area (TPSA) is 46.5 Å². The number of benzene rings is 1. The van der Waals surface area contributed by atoms with E-state index < -0.39 is 10.0 Å². The molecule has 0 radical (unpaired) electrons. The van der Waals surface area contributed by atoms with E-state index >= 15 is 0 Å². The van der Waals surface area contributed by atoms with Crippen molar-refractivity contribution >= 4 is 15.7 Å². The lowest BCUT2D eigenvalue weighted by molar-refractivity contribution is 0.598. The van der Waals surface area contributed by atoms with Gasteiger partial charge in [-0.3, -0.25) is 0 Å². The zero-order chi connectivity index (χ0) is 12.9. The zero-order valence-corrected chi connectivity index (χ0v) is 11.4. The van der Waals surface area contributed by atoms with Crippen LogP contribution >= 0.6 is 0 Å². The minimum Gasteiger partial charge on any atom is -0.199 e. The number of rotatable bonds is 5. The van der Waals surface area contributed by atoms with Crippen molar-refractivity contribution in [2.45, 2.75) is 44.9 Å². The second-order valence-corrected chi connectivity index (χ2v) is 5.82. The van der Waals surface area contributed by atoms with Crippen LogP contribution in [0.4, 0.5) is 0 Å². The molecular formula is C13H19NO2S. The summed E-state index contributed by atoms with van der Waals surface area (Å²) in [6.45, 7) is 5.76. The van der Waals surface area contributed by atoms with Gasteiger partial charge < -0.3 is 0 Å². The third-order valence-electron chi connectivity index (χ3n) is 2.49. The Morgan fingerprint density at radius 3 is 2.35 bits per heavy atom. The third-order valence-corrected chi connectivity index (χ3v) is 3.91. The van der Waals surface area contributed by atoms with Gasteiger partial charge in [-0.2, -0.15) is 12.8 Å². The van der Waals surface area contributed by atoms with Crippen molar-refractivity contribution in [2.75, 3.05) is 0 Å². The van der Waals surface area contributed by atoms with Crippen LogP contribution in [-0.4, -0.2) is 14.1 Å². The van der Waals surface area contributed by atoms with E-state index in [2.05, 4.69) is 11.3 Å². The summed E-state index contributed by atoms with van der Waals surface area (Å²) in [5.41, 5.74) is 1.71. The van der Waals surface area contributed by atoms with Crippen LogP contribution in [-0.2, 0) is 10.0 Å². The molecule has 1 aromatic rings. The SMILES string of the molecule is CCCC/C(C)=N/S(=O)(=O)c1ccc(C)cc1. The fraction of sp³-hybridized carbons (Fsp3) is 0.462. The molecular weight excluding hydrogens is 234 g/mol. The van der Waals surface area contributed by atoms with Crippen LogP contribution in [0.5, 0.6) is 0 Å². The van der Waals surface area contributed by atoms with Gasteiger partial charge in [0.1, 0.15) is 0 Å². The molecule has 0 N–H and O–H groups in total. The van der Waals surface area contributed by atoms with Crippen molar-refractivity contribution < 1.29 is 8.42 Å². The number of hydrogen-bond acceptors (Lipinski definition) is 2. The maximum Gasteiger partial charge on any atom is 0.282 e. The predicted octanol–water partition coefficient (Wildman–Crippen LogP) is 3.33. The summed E-state index contributed by atoms with van der Waals surface area (Å²) < 4.78 is 27.7. The summed E-state index contributed by atoms with van der Waals surface area (Å²) in [6.07, 6.45) is 2.75. The molecule has 0 unspecified atom stereocenters. The van der Waals surface area contributed by atoms with Gasteiger partial charge in [-0.15, -0.1) is 0 Å². The van der Waals surface area contributed by atoms with Gasteiger partial charge in [-0.1, -0.05) is 31.0 Å². The lowest BCUT2D eigenvalue weighted by Crippen LogP contribution is -2.02. The van der Waals surface area contributed by atoms with Crippen LogP contribution in [0.25, 0.3) is 0 Å². The van der Waals surface area contributed by atoms with E-state index in [1.165, 1.54) is 0 Å². The lowest BCUT2D eigenvalue weighted by atomic mass is 10.2. The maximum absolute atomic E-state index is 11.9. The fourth-order valence-electron chi connectivity index (χ4n) is 1.45. The van der Waals surface area contributed by atoms with E-state index in [0.717, 1.165) is 24.8 Å². The smallest absolute Gasteiger partial charge is 0.199 e. The van der Waals surface area contributed by atoms with Crippen molar-refractivity contribution in [3.8, 4) is 0 Å². The van der Waals surface area contributed by atoms with Crippen molar-refractivity contribution in [1.82, 2.24) is 0 Å². The minimum absolute atomic E-state index is 0.263. The van der Waals surface area contributed by atoms with Crippen LogP contribution in [0.15, 0.2) is 33.6 Å². The summed E-state index contributed by atoms with van der Waals surface area (Å²) in [5, 5.41) is 0. The van der Waals surface area contributed by atoms with Gasteiger partial charge in [0.2, 0.25) is 0 Å². The highest BCUT2D eigenvalue weighted by Crippen LogP contribution is 2.14. The molecule has 0 aliphatic carbocycles. The molecule has 4 heteroatoms. The Kier molecular flexibility index (Phi) is 4.87. The first-order valence-corrected chi connectivity index (χ1v) is 7.27. The van der Waals surface area contributed by atoms with Gasteiger partial charge in [0, 0.05) is 5.71 Å². The highest BCUT2D eigenvalue weighted by atomic mass is 32.2. The van der Waals surface area contributed by atoms with Crippen LogP contribution in [0.2, 0.25) is 0 Å². The Bertz CT molecular complexity index is 487. The van der Waals surface area contributed by atoms with E-state index in [1.807, 2.05) is 6.92 Å². The van der Waals surface area contributed by atoms with Gasteiger partial charge in [0.05, 0.1) is 4.90 Å². The molecule has 17 heavy (non-hydrogen) atoms. The molecule has 0 spiro atoms. The Labute approximate surface area is 104 Å². The average Bonchev–Trinajstić information content (AvgIpc) is 2.26. The molecule has 0 bridgehead atoms. The number of aryl methyl sites for hydroxylation is 1. The number of sulfonamides is 1. The monoisotopic (exact) mass is 253 g/mol. The third kappa shape index (κ3) is 4.30. The Balaban J connectivity index is 2.92. The van der Waals surface area contributed by atoms with Crippen LogP contribution in [0, 0.1) is 6.92 Å². The van der Waals surface area contributed by atoms with Crippen LogP contribution < -0.4 is 0 Å². The standard InChI is InChI=1S/C13H19NO2S/c1-4-5-6-12(3)14-17(15,16)13-9-7-11(2)8-10-13/h7-10H,4-6H2,1-3H3/b14-12+. The van der Waals surface area contributed by atoms with E-state index in [9.17, 15) is 8.42 Å². The second-order valence-electron chi connectivity index (χ2n) is 4.22. The first kappa shape index (κ1) is 13.9. The molecule has 0 atom stereocenters. The van der Waals surface area contributed by atoms with E-state index in [0.29, 0.717) is 5.71 Å². The largest absolute Gasteiger partial charge is 0.282 e. The summed E-state index contributed by atoms with van der Waals surface area (Å²) >= 11 is 0. The van der Waals surface area contributed by atoms with Crippen LogP contribution in [0.1, 0.15) is 38.7 Å². The molecule has 0 amide bonds. The van der Waals surface area contributed by atoms with Crippen molar-refractivity contribution in [3.05, 3.63) is 29.8 Å². The van der Waals surface area contributed by atoms with E-state index in [4.69, 9.17) is 0 Å². The molecule has 0 fully saturated rings. The summed E-state index contributed by atoms with van der Waals surface area (Å²) in [4.78, 5) is 0.263. The molecule has 0 heterocycles. The number of hydrogen-bond donors (Lipinski definition) is 0. The molecule has 0 saturated heterocycles. The van der Waals surface area contributed by atoms with Crippen LogP contribution in [0.3, 0.4) is 0 Å². The van der Waals surface area contributed by atoms with Gasteiger partial charge >= 0.3 is 0 Å². The van der Waals surface area contributed by atoms with Gasteiger partial charge in [0.25, 0.3) is 10.0 Å². The maximum atomic E-state index is 11.9. The van der Waals surface area contributed by atoms with Crippen molar-refractivity contribution in [3.63, 3.8) is 0 Å². The highest BCUT2D eigenvalue weighted by Gasteiger charge is 2.12. The first-order chi connectivity index (χ1) is 7.95. The first-order valence-electron chi connectivity index (χ1n) is 5.83. The molecule has 0 aliphatic rings. The highest BCUT2D eigenvalue weighted by molar-refractivity contribution is 7.90. The fourth-order valence-corrected chi connectivity index (χ4v) is 2.53. The van der Waals surface area contributed by atoms with E-state index in [1.54, 1.807) is 31.2 Å². The van der Waals surface area contributed by atoms with Crippen molar-refractivity contribution in [1.29, 1.82) is 0 Å². The Morgan fingerprint density at radius 2 is 1.82 bits per heavy atom. The number of nitrogens with zero attached hydrogens (tertiary/aromatic N) is 1. The quantitative estimate of drug-likeness (QED) is 0.756. The number of unbranched alkanes of at least 4 members (excludes halogenated alkanes) is 1. The molecule has 0 aliphatic heterocycles. The van der Waals surface area contributed by atoms with Gasteiger partial charge in [-0.25, -0.2) is 0 Å². The summed E-state index contributed by atoms with van der Waals surface area (Å²) in [5.74, 6) is 0. The molecule has 94 valence electrons. The normalized spacial score (nSPS) is 12.8. The van der Waals surface area contributed by atoms with Gasteiger partial charge in [-0.05, 0) is 38.8 Å². The Hall–Kier alpha value is -1.16. The Morgan fingerprint density at radius 1 is 1.24 bits per heavy atom. The molecule has 1 aromatic carbocycles. The minimum atomic E-state index is -3.52. The predicted molar refractivity (Wildman–Crippen MR) is 71.0 cm³/mol. The summed E-state index contributed by atoms with van der Waals surface area (Å²) in [6, 6.07) is 6.76. The molecule has 1 rings (SSSR count). The molecule has 3 nitrogen and oxygen atoms in total. The zero-order valence-electron chi connectivity index (χ0n) is 10.6. The lowest BCUT2D eigenvalue weighted by Gasteiger charge is -2.02. The molecule has 0 saturated carbocycles. The second kappa shape index (κ2) is 5.96. The van der Waals surface area contributed by atoms with E-state index in [-0.39, 0.29) is 4.90 Å². The summed E-state index contributed by atoms with van der Waals surface area (Å²) in [7, 11) is -3.52. The molecule has 0 aromatic heterocycles. The average molecular weight is 253 g/mol. The van der Waals surface area contributed by atoms with Crippen molar-refractivity contribution in [2.24, 2.45) is 4.40 Å². The van der Waals surface area contributed by atoms with Gasteiger partial charge in [0.15, 0.2) is 0 Å².